The second-order valence-electron chi connectivity index (χ2n) is 7.48. The molecular weight excluding hydrogens is 444 g/mol. The summed E-state index contributed by atoms with van der Waals surface area (Å²) in [6.45, 7) is 5.38. The van der Waals surface area contributed by atoms with Gasteiger partial charge in [-0.2, -0.15) is 0 Å². The SMILES string of the molecule is CC(=O)OC[C@H]1O[C@@H](n2cnc3c4[nH]c(C)cc4c(Cl)nc32)[C@H](OC(C)=O)[C@@H]1OC(C)=O. The summed E-state index contributed by atoms with van der Waals surface area (Å²) < 4.78 is 23.5. The molecule has 0 bridgehead atoms. The number of nitrogens with one attached hydrogen (secondary N) is 1. The van der Waals surface area contributed by atoms with Gasteiger partial charge in [-0.05, 0) is 13.0 Å². The molecule has 0 aliphatic carbocycles. The molecular formula is C20H21ClN4O7. The zero-order valence-electron chi connectivity index (χ0n) is 17.7. The minimum absolute atomic E-state index is 0.206. The van der Waals surface area contributed by atoms with Gasteiger partial charge in [0.15, 0.2) is 24.1 Å². The quantitative estimate of drug-likeness (QED) is 0.342. The molecule has 4 rings (SSSR count). The van der Waals surface area contributed by atoms with Crippen LogP contribution in [-0.4, -0.2) is 62.3 Å². The van der Waals surface area contributed by atoms with Gasteiger partial charge in [0.2, 0.25) is 0 Å². The number of aryl methyl sites for hydroxylation is 1. The van der Waals surface area contributed by atoms with Gasteiger partial charge in [0.25, 0.3) is 0 Å². The van der Waals surface area contributed by atoms with E-state index < -0.39 is 42.4 Å². The first kappa shape index (κ1) is 22.0. The van der Waals surface area contributed by atoms with Crippen LogP contribution in [0.5, 0.6) is 0 Å². The van der Waals surface area contributed by atoms with Gasteiger partial charge in [-0.3, -0.25) is 19.0 Å². The fourth-order valence-electron chi connectivity index (χ4n) is 3.84. The Morgan fingerprint density at radius 3 is 2.50 bits per heavy atom. The fourth-order valence-corrected chi connectivity index (χ4v) is 4.07. The van der Waals surface area contributed by atoms with E-state index in [-0.39, 0.29) is 11.8 Å². The van der Waals surface area contributed by atoms with Gasteiger partial charge in [0, 0.05) is 31.9 Å². The number of hydrogen-bond acceptors (Lipinski definition) is 9. The number of esters is 3. The van der Waals surface area contributed by atoms with Crippen LogP contribution in [-0.2, 0) is 33.3 Å². The zero-order chi connectivity index (χ0) is 23.2. The molecule has 3 aromatic heterocycles. The Morgan fingerprint density at radius 1 is 1.16 bits per heavy atom. The van der Waals surface area contributed by atoms with Crippen LogP contribution < -0.4 is 0 Å². The average Bonchev–Trinajstić information content (AvgIpc) is 3.36. The minimum atomic E-state index is -1.05. The molecule has 0 amide bonds. The van der Waals surface area contributed by atoms with E-state index in [2.05, 4.69) is 15.0 Å². The fraction of sp³-hybridized carbons (Fsp3) is 0.450. The first-order valence-corrected chi connectivity index (χ1v) is 10.2. The second-order valence-corrected chi connectivity index (χ2v) is 7.84. The Balaban J connectivity index is 1.80. The number of carbonyl (C=O) groups excluding carboxylic acids is 3. The molecule has 11 nitrogen and oxygen atoms in total. The summed E-state index contributed by atoms with van der Waals surface area (Å²) in [5.74, 6) is -1.75. The summed E-state index contributed by atoms with van der Waals surface area (Å²) in [4.78, 5) is 47.0. The van der Waals surface area contributed by atoms with Crippen LogP contribution in [0.3, 0.4) is 0 Å². The number of halogens is 1. The molecule has 1 aliphatic rings. The number of fused-ring (bicyclic) bond motifs is 3. The van der Waals surface area contributed by atoms with Crippen LogP contribution in [0.1, 0.15) is 32.7 Å². The van der Waals surface area contributed by atoms with Crippen molar-refractivity contribution in [1.29, 1.82) is 0 Å². The number of aromatic amines is 1. The van der Waals surface area contributed by atoms with Gasteiger partial charge in [0.1, 0.15) is 23.4 Å². The van der Waals surface area contributed by atoms with Crippen LogP contribution in [0.15, 0.2) is 12.4 Å². The number of imidazole rings is 1. The second kappa shape index (κ2) is 8.40. The summed E-state index contributed by atoms with van der Waals surface area (Å²) in [7, 11) is 0. The molecule has 1 aliphatic heterocycles. The molecule has 4 heterocycles. The Bertz CT molecular complexity index is 1220. The van der Waals surface area contributed by atoms with Crippen LogP contribution in [0.4, 0.5) is 0 Å². The summed E-state index contributed by atoms with van der Waals surface area (Å²) in [5.41, 5.74) is 2.50. The predicted molar refractivity (Wildman–Crippen MR) is 111 cm³/mol. The smallest absolute Gasteiger partial charge is 0.303 e. The van der Waals surface area contributed by atoms with Crippen molar-refractivity contribution in [2.24, 2.45) is 0 Å². The molecule has 32 heavy (non-hydrogen) atoms. The summed E-state index contributed by atoms with van der Waals surface area (Å²) in [5, 5.41) is 0.977. The highest BCUT2D eigenvalue weighted by Gasteiger charge is 2.51. The van der Waals surface area contributed by atoms with Crippen LogP contribution in [0.2, 0.25) is 5.15 Å². The largest absolute Gasteiger partial charge is 0.463 e. The summed E-state index contributed by atoms with van der Waals surface area (Å²) in [6, 6.07) is 1.86. The average molecular weight is 465 g/mol. The van der Waals surface area contributed by atoms with E-state index in [0.717, 1.165) is 11.1 Å². The van der Waals surface area contributed by atoms with Crippen LogP contribution in [0.25, 0.3) is 22.1 Å². The van der Waals surface area contributed by atoms with E-state index in [1.807, 2.05) is 13.0 Å². The number of carbonyl (C=O) groups is 3. The third-order valence-electron chi connectivity index (χ3n) is 5.00. The highest BCUT2D eigenvalue weighted by atomic mass is 35.5. The minimum Gasteiger partial charge on any atom is -0.463 e. The van der Waals surface area contributed by atoms with Gasteiger partial charge in [-0.25, -0.2) is 9.97 Å². The van der Waals surface area contributed by atoms with E-state index in [1.54, 1.807) is 4.57 Å². The first-order chi connectivity index (χ1) is 15.2. The van der Waals surface area contributed by atoms with Crippen molar-refractivity contribution in [3.8, 4) is 0 Å². The molecule has 0 spiro atoms. The maximum atomic E-state index is 11.8. The maximum Gasteiger partial charge on any atom is 0.303 e. The van der Waals surface area contributed by atoms with Gasteiger partial charge >= 0.3 is 17.9 Å². The number of nitrogens with zero attached hydrogens (tertiary/aromatic N) is 3. The van der Waals surface area contributed by atoms with Crippen molar-refractivity contribution in [2.75, 3.05) is 6.61 Å². The van der Waals surface area contributed by atoms with E-state index in [1.165, 1.54) is 27.1 Å². The molecule has 3 aromatic rings. The topological polar surface area (TPSA) is 135 Å². The summed E-state index contributed by atoms with van der Waals surface area (Å²) >= 11 is 6.39. The lowest BCUT2D eigenvalue weighted by molar-refractivity contribution is -0.166. The lowest BCUT2D eigenvalue weighted by Gasteiger charge is -2.23. The molecule has 0 saturated carbocycles. The first-order valence-electron chi connectivity index (χ1n) is 9.80. The van der Waals surface area contributed by atoms with Crippen LogP contribution >= 0.6 is 11.6 Å². The molecule has 4 atom stereocenters. The highest BCUT2D eigenvalue weighted by Crippen LogP contribution is 2.37. The molecule has 1 N–H and O–H groups in total. The van der Waals surface area contributed by atoms with E-state index in [0.29, 0.717) is 16.7 Å². The maximum absolute atomic E-state index is 11.8. The molecule has 0 unspecified atom stereocenters. The normalized spacial score (nSPS) is 22.9. The monoisotopic (exact) mass is 464 g/mol. The number of rotatable bonds is 5. The Kier molecular flexibility index (Phi) is 5.78. The molecule has 170 valence electrons. The van der Waals surface area contributed by atoms with Crippen molar-refractivity contribution in [3.05, 3.63) is 23.2 Å². The number of hydrogen-bond donors (Lipinski definition) is 1. The molecule has 1 fully saturated rings. The number of ether oxygens (including phenoxy) is 4. The zero-order valence-corrected chi connectivity index (χ0v) is 18.5. The Hall–Kier alpha value is -3.18. The van der Waals surface area contributed by atoms with Crippen molar-refractivity contribution in [3.63, 3.8) is 0 Å². The standard InChI is InChI=1S/C20H21ClN4O7/c1-8-5-12-14(23-8)15-19(24-18(12)21)25(7-22-15)20-17(31-11(4)28)16(30-10(3)27)13(32-20)6-29-9(2)26/h5,7,13,16-17,20,23H,6H2,1-4H3/t13-,16-,17-,20-/m1/s1. The van der Waals surface area contributed by atoms with Gasteiger partial charge in [-0.1, -0.05) is 11.6 Å². The lowest BCUT2D eigenvalue weighted by atomic mass is 10.1. The number of pyridine rings is 1. The van der Waals surface area contributed by atoms with E-state index in [4.69, 9.17) is 30.5 Å². The number of H-pyrrole nitrogens is 1. The van der Waals surface area contributed by atoms with Crippen LogP contribution in [0, 0.1) is 6.92 Å². The number of aromatic nitrogens is 4. The van der Waals surface area contributed by atoms with E-state index in [9.17, 15) is 14.4 Å². The van der Waals surface area contributed by atoms with Gasteiger partial charge < -0.3 is 23.9 Å². The Labute approximate surface area is 186 Å². The molecule has 0 aromatic carbocycles. The lowest BCUT2D eigenvalue weighted by Crippen LogP contribution is -2.40. The third-order valence-corrected chi connectivity index (χ3v) is 5.29. The predicted octanol–water partition coefficient (Wildman–Crippen LogP) is 2.20. The van der Waals surface area contributed by atoms with Crippen molar-refractivity contribution < 1.29 is 33.3 Å². The van der Waals surface area contributed by atoms with Crippen molar-refractivity contribution >= 4 is 51.6 Å². The highest BCUT2D eigenvalue weighted by molar-refractivity contribution is 6.35. The van der Waals surface area contributed by atoms with Crippen molar-refractivity contribution in [2.45, 2.75) is 52.2 Å². The molecule has 12 heteroatoms. The Morgan fingerprint density at radius 2 is 1.84 bits per heavy atom. The summed E-state index contributed by atoms with van der Waals surface area (Å²) in [6.07, 6.45) is -2.45. The van der Waals surface area contributed by atoms with E-state index >= 15 is 0 Å². The van der Waals surface area contributed by atoms with Crippen molar-refractivity contribution in [1.82, 2.24) is 19.5 Å². The van der Waals surface area contributed by atoms with Gasteiger partial charge in [0.05, 0.1) is 11.8 Å². The van der Waals surface area contributed by atoms with Gasteiger partial charge in [-0.15, -0.1) is 0 Å². The molecule has 1 saturated heterocycles. The third kappa shape index (κ3) is 4.00. The molecule has 0 radical (unpaired) electrons.